The lowest BCUT2D eigenvalue weighted by Gasteiger charge is -2.28. The first-order chi connectivity index (χ1) is 11.2. The van der Waals surface area contributed by atoms with E-state index in [1.807, 2.05) is 18.2 Å². The number of carboxylic acids is 1. The maximum Gasteiger partial charge on any atom is 0.308 e. The predicted molar refractivity (Wildman–Crippen MR) is 88.3 cm³/mol. The number of carboxylic acid groups (broad SMARTS) is 1. The van der Waals surface area contributed by atoms with E-state index in [2.05, 4.69) is 11.4 Å². The number of benzene rings is 1. The summed E-state index contributed by atoms with van der Waals surface area (Å²) in [6, 6.07) is 7.86. The van der Waals surface area contributed by atoms with E-state index in [1.54, 1.807) is 0 Å². The number of fused-ring (bicyclic) bond motifs is 1. The Morgan fingerprint density at radius 3 is 2.52 bits per heavy atom. The molecule has 124 valence electrons. The minimum absolute atomic E-state index is 0.00627. The molecule has 0 aliphatic heterocycles. The van der Waals surface area contributed by atoms with Crippen LogP contribution in [0.4, 0.5) is 0 Å². The van der Waals surface area contributed by atoms with E-state index in [1.165, 1.54) is 5.56 Å². The number of hydrogen-bond acceptors (Lipinski definition) is 2. The Bertz CT molecular complexity index is 584. The summed E-state index contributed by atoms with van der Waals surface area (Å²) in [5.74, 6) is -1.34. The number of aliphatic carboxylic acids is 1. The fraction of sp³-hybridized carbons (Fsp3) is 0.579. The van der Waals surface area contributed by atoms with Crippen molar-refractivity contribution in [1.29, 1.82) is 0 Å². The third-order valence-corrected chi connectivity index (χ3v) is 5.36. The van der Waals surface area contributed by atoms with Gasteiger partial charge in [-0.25, -0.2) is 0 Å². The summed E-state index contributed by atoms with van der Waals surface area (Å²) < 4.78 is 0. The molecule has 1 fully saturated rings. The second kappa shape index (κ2) is 7.16. The molecule has 23 heavy (non-hydrogen) atoms. The fourth-order valence-electron chi connectivity index (χ4n) is 4.07. The van der Waals surface area contributed by atoms with Gasteiger partial charge in [-0.05, 0) is 36.8 Å². The molecular formula is C19H25NO3. The van der Waals surface area contributed by atoms with E-state index in [0.29, 0.717) is 6.42 Å². The van der Waals surface area contributed by atoms with Gasteiger partial charge in [0.25, 0.3) is 0 Å². The lowest BCUT2D eigenvalue weighted by Crippen LogP contribution is -2.45. The summed E-state index contributed by atoms with van der Waals surface area (Å²) in [5, 5.41) is 12.6. The zero-order chi connectivity index (χ0) is 16.2. The molecule has 4 nitrogen and oxygen atoms in total. The Morgan fingerprint density at radius 1 is 1.00 bits per heavy atom. The minimum atomic E-state index is -0.774. The SMILES string of the molecule is O=C(NC1CCCCCCC1C(=O)O)C1CCc2ccccc21. The van der Waals surface area contributed by atoms with E-state index < -0.39 is 11.9 Å². The zero-order valence-electron chi connectivity index (χ0n) is 13.5. The summed E-state index contributed by atoms with van der Waals surface area (Å²) >= 11 is 0. The largest absolute Gasteiger partial charge is 0.481 e. The zero-order valence-corrected chi connectivity index (χ0v) is 13.5. The van der Waals surface area contributed by atoms with Gasteiger partial charge in [0, 0.05) is 6.04 Å². The van der Waals surface area contributed by atoms with Gasteiger partial charge in [0.1, 0.15) is 0 Å². The number of aryl methyl sites for hydroxylation is 1. The van der Waals surface area contributed by atoms with Gasteiger partial charge in [-0.2, -0.15) is 0 Å². The van der Waals surface area contributed by atoms with Crippen molar-refractivity contribution in [3.05, 3.63) is 35.4 Å². The Morgan fingerprint density at radius 2 is 1.74 bits per heavy atom. The monoisotopic (exact) mass is 315 g/mol. The molecule has 2 N–H and O–H groups in total. The number of rotatable bonds is 3. The maximum absolute atomic E-state index is 12.7. The Labute approximate surface area is 137 Å². The van der Waals surface area contributed by atoms with Gasteiger partial charge in [0.15, 0.2) is 0 Å². The van der Waals surface area contributed by atoms with Crippen LogP contribution in [-0.2, 0) is 16.0 Å². The predicted octanol–water partition coefficient (Wildman–Crippen LogP) is 3.26. The highest BCUT2D eigenvalue weighted by atomic mass is 16.4. The summed E-state index contributed by atoms with van der Waals surface area (Å²) in [6.07, 6.45) is 7.37. The van der Waals surface area contributed by atoms with E-state index in [9.17, 15) is 14.7 Å². The second-order valence-electron chi connectivity index (χ2n) is 6.84. The summed E-state index contributed by atoms with van der Waals surface area (Å²) in [5.41, 5.74) is 2.36. The van der Waals surface area contributed by atoms with Crippen molar-refractivity contribution in [3.8, 4) is 0 Å². The average Bonchev–Trinajstić information content (AvgIpc) is 2.93. The average molecular weight is 315 g/mol. The first-order valence-corrected chi connectivity index (χ1v) is 8.78. The van der Waals surface area contributed by atoms with Crippen LogP contribution in [0.25, 0.3) is 0 Å². The quantitative estimate of drug-likeness (QED) is 0.899. The minimum Gasteiger partial charge on any atom is -0.481 e. The lowest BCUT2D eigenvalue weighted by atomic mass is 9.86. The van der Waals surface area contributed by atoms with Gasteiger partial charge in [-0.3, -0.25) is 9.59 Å². The van der Waals surface area contributed by atoms with E-state index in [4.69, 9.17) is 0 Å². The number of nitrogens with one attached hydrogen (secondary N) is 1. The van der Waals surface area contributed by atoms with Crippen LogP contribution in [-0.4, -0.2) is 23.0 Å². The summed E-state index contributed by atoms with van der Waals surface area (Å²) in [7, 11) is 0. The highest BCUT2D eigenvalue weighted by Gasteiger charge is 2.34. The first kappa shape index (κ1) is 16.0. The molecule has 0 bridgehead atoms. The molecule has 1 saturated carbocycles. The lowest BCUT2D eigenvalue weighted by molar-refractivity contribution is -0.143. The third-order valence-electron chi connectivity index (χ3n) is 5.36. The first-order valence-electron chi connectivity index (χ1n) is 8.78. The van der Waals surface area contributed by atoms with Crippen molar-refractivity contribution in [1.82, 2.24) is 5.32 Å². The molecule has 3 rings (SSSR count). The van der Waals surface area contributed by atoms with Crippen LogP contribution in [0.15, 0.2) is 24.3 Å². The van der Waals surface area contributed by atoms with Crippen molar-refractivity contribution in [2.45, 2.75) is 63.3 Å². The molecular weight excluding hydrogens is 290 g/mol. The Hall–Kier alpha value is -1.84. The highest BCUT2D eigenvalue weighted by molar-refractivity contribution is 5.85. The van der Waals surface area contributed by atoms with Gasteiger partial charge < -0.3 is 10.4 Å². The van der Waals surface area contributed by atoms with Gasteiger partial charge in [-0.15, -0.1) is 0 Å². The topological polar surface area (TPSA) is 66.4 Å². The standard InChI is InChI=1S/C19H25NO3/c21-18(15-12-11-13-7-5-6-8-14(13)15)20-17-10-4-2-1-3-9-16(17)19(22)23/h5-8,15-17H,1-4,9-12H2,(H,20,21)(H,22,23). The van der Waals surface area contributed by atoms with Gasteiger partial charge in [0.2, 0.25) is 5.91 Å². The van der Waals surface area contributed by atoms with Crippen LogP contribution in [0.5, 0.6) is 0 Å². The molecule has 0 heterocycles. The van der Waals surface area contributed by atoms with Crippen LogP contribution in [0.3, 0.4) is 0 Å². The second-order valence-corrected chi connectivity index (χ2v) is 6.84. The van der Waals surface area contributed by atoms with Crippen LogP contribution in [0.2, 0.25) is 0 Å². The molecule has 0 aromatic heterocycles. The van der Waals surface area contributed by atoms with Crippen molar-refractivity contribution in [3.63, 3.8) is 0 Å². The van der Waals surface area contributed by atoms with Gasteiger partial charge in [0.05, 0.1) is 11.8 Å². The van der Waals surface area contributed by atoms with Crippen LogP contribution in [0.1, 0.15) is 62.0 Å². The van der Waals surface area contributed by atoms with Crippen molar-refractivity contribution < 1.29 is 14.7 Å². The molecule has 2 aliphatic rings. The van der Waals surface area contributed by atoms with Crippen molar-refractivity contribution >= 4 is 11.9 Å². The molecule has 3 atom stereocenters. The molecule has 2 aliphatic carbocycles. The summed E-state index contributed by atoms with van der Waals surface area (Å²) in [4.78, 5) is 24.3. The van der Waals surface area contributed by atoms with Gasteiger partial charge >= 0.3 is 5.97 Å². The fourth-order valence-corrected chi connectivity index (χ4v) is 4.07. The van der Waals surface area contributed by atoms with E-state index in [-0.39, 0.29) is 17.9 Å². The molecule has 0 saturated heterocycles. The molecule has 0 radical (unpaired) electrons. The Balaban J connectivity index is 1.71. The molecule has 0 spiro atoms. The number of carbonyl (C=O) groups is 2. The normalized spacial score (nSPS) is 27.6. The summed E-state index contributed by atoms with van der Waals surface area (Å²) in [6.45, 7) is 0. The Kier molecular flexibility index (Phi) is 4.99. The van der Waals surface area contributed by atoms with Gasteiger partial charge in [-0.1, -0.05) is 49.9 Å². The number of carbonyl (C=O) groups excluding carboxylic acids is 1. The smallest absolute Gasteiger partial charge is 0.308 e. The van der Waals surface area contributed by atoms with Crippen LogP contribution < -0.4 is 5.32 Å². The maximum atomic E-state index is 12.7. The third kappa shape index (κ3) is 3.57. The van der Waals surface area contributed by atoms with E-state index >= 15 is 0 Å². The molecule has 1 aromatic rings. The van der Waals surface area contributed by atoms with Crippen molar-refractivity contribution in [2.24, 2.45) is 5.92 Å². The van der Waals surface area contributed by atoms with Crippen molar-refractivity contribution in [2.75, 3.05) is 0 Å². The number of amides is 1. The molecule has 4 heteroatoms. The highest BCUT2D eigenvalue weighted by Crippen LogP contribution is 2.33. The van der Waals surface area contributed by atoms with Crippen LogP contribution >= 0.6 is 0 Å². The number of hydrogen-bond donors (Lipinski definition) is 2. The van der Waals surface area contributed by atoms with Crippen LogP contribution in [0, 0.1) is 5.92 Å². The molecule has 1 aromatic carbocycles. The van der Waals surface area contributed by atoms with E-state index in [0.717, 1.165) is 50.5 Å². The molecule has 3 unspecified atom stereocenters. The molecule has 1 amide bonds.